The summed E-state index contributed by atoms with van der Waals surface area (Å²) in [6.45, 7) is 2.59. The zero-order valence-electron chi connectivity index (χ0n) is 18.2. The number of carbonyl (C=O) groups excluding carboxylic acids is 1. The van der Waals surface area contributed by atoms with Gasteiger partial charge in [0.1, 0.15) is 0 Å². The van der Waals surface area contributed by atoms with E-state index in [1.807, 2.05) is 47.5 Å². The van der Waals surface area contributed by atoms with Gasteiger partial charge in [0, 0.05) is 35.9 Å². The quantitative estimate of drug-likeness (QED) is 0.414. The Morgan fingerprint density at radius 3 is 2.70 bits per heavy atom. The highest BCUT2D eigenvalue weighted by molar-refractivity contribution is 6.31. The first-order valence-corrected chi connectivity index (χ1v) is 11.7. The van der Waals surface area contributed by atoms with E-state index < -0.39 is 0 Å². The zero-order chi connectivity index (χ0) is 22.4. The monoisotopic (exact) mass is 457 g/mol. The topological polar surface area (TPSA) is 47.4 Å². The van der Waals surface area contributed by atoms with Crippen molar-refractivity contribution in [3.05, 3.63) is 100 Å². The Kier molecular flexibility index (Phi) is 4.97. The van der Waals surface area contributed by atoms with Gasteiger partial charge in [-0.2, -0.15) is 0 Å². The third-order valence-electron chi connectivity index (χ3n) is 7.00. The van der Waals surface area contributed by atoms with Crippen LogP contribution in [-0.4, -0.2) is 33.4 Å². The van der Waals surface area contributed by atoms with Crippen LogP contribution in [0.4, 0.5) is 0 Å². The lowest BCUT2D eigenvalue weighted by molar-refractivity contribution is -0.0741. The summed E-state index contributed by atoms with van der Waals surface area (Å²) in [6.07, 6.45) is 5.36. The molecule has 4 heterocycles. The van der Waals surface area contributed by atoms with Crippen molar-refractivity contribution in [3.8, 4) is 0 Å². The van der Waals surface area contributed by atoms with E-state index in [0.717, 1.165) is 29.4 Å². The van der Waals surface area contributed by atoms with Gasteiger partial charge in [0.05, 0.1) is 35.5 Å². The highest BCUT2D eigenvalue weighted by atomic mass is 35.5. The molecular weight excluding hydrogens is 434 g/mol. The van der Waals surface area contributed by atoms with Gasteiger partial charge in [-0.25, -0.2) is 0 Å². The molecule has 0 radical (unpaired) electrons. The van der Waals surface area contributed by atoms with Crippen LogP contribution >= 0.6 is 11.6 Å². The predicted molar refractivity (Wildman–Crippen MR) is 128 cm³/mol. The minimum Gasteiger partial charge on any atom is -0.365 e. The molecule has 0 atom stereocenters. The fraction of sp³-hybridized carbons (Fsp3) is 0.259. The number of ether oxygens (including phenoxy) is 1. The van der Waals surface area contributed by atoms with E-state index in [1.165, 1.54) is 11.1 Å². The zero-order valence-corrected chi connectivity index (χ0v) is 19.0. The summed E-state index contributed by atoms with van der Waals surface area (Å²) in [6, 6.07) is 20.0. The first kappa shape index (κ1) is 20.5. The van der Waals surface area contributed by atoms with Crippen LogP contribution < -0.4 is 0 Å². The Morgan fingerprint density at radius 2 is 1.88 bits per heavy atom. The number of fused-ring (bicyclic) bond motifs is 3. The van der Waals surface area contributed by atoms with Crippen molar-refractivity contribution in [1.82, 2.24) is 14.5 Å². The number of benzene rings is 2. The summed E-state index contributed by atoms with van der Waals surface area (Å²) in [5.74, 6) is 0.0585. The van der Waals surface area contributed by atoms with E-state index in [1.54, 1.807) is 6.20 Å². The molecule has 1 fully saturated rings. The molecule has 4 aromatic rings. The van der Waals surface area contributed by atoms with Gasteiger partial charge < -0.3 is 14.2 Å². The van der Waals surface area contributed by atoms with Crippen LogP contribution in [-0.2, 0) is 23.5 Å². The number of hydrogen-bond acceptors (Lipinski definition) is 3. The summed E-state index contributed by atoms with van der Waals surface area (Å²) in [5.41, 5.74) is 4.89. The second kappa shape index (κ2) is 8.01. The minimum absolute atomic E-state index is 0.0585. The number of carbonyl (C=O) groups is 1. The van der Waals surface area contributed by atoms with Gasteiger partial charge >= 0.3 is 0 Å². The largest absolute Gasteiger partial charge is 0.365 e. The van der Waals surface area contributed by atoms with Crippen molar-refractivity contribution < 1.29 is 9.53 Å². The second-order valence-corrected chi connectivity index (χ2v) is 9.32. The Balaban J connectivity index is 1.28. The standard InChI is InChI=1S/C27H24ClN3O2/c28-20-8-9-22-23(17-31(25(22)15-20)16-21-6-3-4-12-29-21)26(32)30-13-10-27(11-14-30)24-7-2-1-5-19(24)18-33-27/h1-9,12,15,17H,10-11,13-14,16,18H2. The maximum Gasteiger partial charge on any atom is 0.256 e. The Labute approximate surface area is 197 Å². The molecule has 1 saturated heterocycles. The molecule has 0 unspecified atom stereocenters. The fourth-order valence-electron chi connectivity index (χ4n) is 5.27. The molecule has 2 aliphatic rings. The highest BCUT2D eigenvalue weighted by Gasteiger charge is 2.43. The van der Waals surface area contributed by atoms with Crippen molar-refractivity contribution in [2.75, 3.05) is 13.1 Å². The summed E-state index contributed by atoms with van der Waals surface area (Å²) >= 11 is 6.30. The molecule has 2 aromatic carbocycles. The minimum atomic E-state index is -0.256. The van der Waals surface area contributed by atoms with E-state index in [4.69, 9.17) is 16.3 Å². The molecule has 2 aliphatic heterocycles. The molecule has 166 valence electrons. The lowest BCUT2D eigenvalue weighted by Crippen LogP contribution is -2.45. The third-order valence-corrected chi connectivity index (χ3v) is 7.24. The molecule has 5 nitrogen and oxygen atoms in total. The smallest absolute Gasteiger partial charge is 0.256 e. The van der Waals surface area contributed by atoms with Crippen molar-refractivity contribution in [1.29, 1.82) is 0 Å². The van der Waals surface area contributed by atoms with E-state index in [-0.39, 0.29) is 11.5 Å². The number of nitrogens with zero attached hydrogens (tertiary/aromatic N) is 3. The molecule has 6 rings (SSSR count). The van der Waals surface area contributed by atoms with Crippen LogP contribution in [0.1, 0.15) is 40.0 Å². The first-order chi connectivity index (χ1) is 16.1. The van der Waals surface area contributed by atoms with Gasteiger partial charge in [0.25, 0.3) is 5.91 Å². The summed E-state index contributed by atoms with van der Waals surface area (Å²) in [5, 5.41) is 1.57. The fourth-order valence-corrected chi connectivity index (χ4v) is 5.44. The molecule has 0 saturated carbocycles. The lowest BCUT2D eigenvalue weighted by Gasteiger charge is -2.39. The van der Waals surface area contributed by atoms with Crippen LogP contribution in [0.25, 0.3) is 10.9 Å². The molecule has 1 spiro atoms. The van der Waals surface area contributed by atoms with E-state index in [0.29, 0.717) is 36.8 Å². The molecule has 0 aliphatic carbocycles. The number of likely N-dealkylation sites (tertiary alicyclic amines) is 1. The lowest BCUT2D eigenvalue weighted by atomic mass is 9.83. The maximum absolute atomic E-state index is 13.6. The Morgan fingerprint density at radius 1 is 1.06 bits per heavy atom. The second-order valence-electron chi connectivity index (χ2n) is 8.89. The SMILES string of the molecule is O=C(c1cn(Cc2ccccn2)c2cc(Cl)ccc12)N1CCC2(CC1)OCc1ccccc12. The summed E-state index contributed by atoms with van der Waals surface area (Å²) < 4.78 is 8.34. The van der Waals surface area contributed by atoms with Gasteiger partial charge in [0.2, 0.25) is 0 Å². The number of halogens is 1. The summed E-state index contributed by atoms with van der Waals surface area (Å²) in [4.78, 5) is 20.0. The van der Waals surface area contributed by atoms with Crippen LogP contribution in [0.2, 0.25) is 5.02 Å². The van der Waals surface area contributed by atoms with Crippen molar-refractivity contribution in [2.24, 2.45) is 0 Å². The maximum atomic E-state index is 13.6. The van der Waals surface area contributed by atoms with Crippen LogP contribution in [0.3, 0.4) is 0 Å². The van der Waals surface area contributed by atoms with Crippen molar-refractivity contribution in [2.45, 2.75) is 31.6 Å². The average Bonchev–Trinajstić information content (AvgIpc) is 3.38. The van der Waals surface area contributed by atoms with Crippen molar-refractivity contribution >= 4 is 28.4 Å². The number of pyridine rings is 1. The van der Waals surface area contributed by atoms with Gasteiger partial charge in [-0.05, 0) is 48.2 Å². The molecule has 2 aromatic heterocycles. The molecule has 6 heteroatoms. The average molecular weight is 458 g/mol. The number of piperidine rings is 1. The van der Waals surface area contributed by atoms with Gasteiger partial charge in [-0.3, -0.25) is 9.78 Å². The van der Waals surface area contributed by atoms with E-state index >= 15 is 0 Å². The molecule has 33 heavy (non-hydrogen) atoms. The molecule has 0 bridgehead atoms. The number of amides is 1. The number of hydrogen-bond donors (Lipinski definition) is 0. The van der Waals surface area contributed by atoms with Gasteiger partial charge in [0.15, 0.2) is 0 Å². The Bertz CT molecular complexity index is 1340. The molecular formula is C27H24ClN3O2. The van der Waals surface area contributed by atoms with E-state index in [2.05, 4.69) is 33.8 Å². The van der Waals surface area contributed by atoms with Crippen molar-refractivity contribution in [3.63, 3.8) is 0 Å². The predicted octanol–water partition coefficient (Wildman–Crippen LogP) is 5.40. The number of aromatic nitrogens is 2. The molecule has 0 N–H and O–H groups in total. The van der Waals surface area contributed by atoms with E-state index in [9.17, 15) is 4.79 Å². The number of rotatable bonds is 3. The normalized spacial score (nSPS) is 16.9. The first-order valence-electron chi connectivity index (χ1n) is 11.3. The summed E-state index contributed by atoms with van der Waals surface area (Å²) in [7, 11) is 0. The van der Waals surface area contributed by atoms with Crippen LogP contribution in [0.5, 0.6) is 0 Å². The highest BCUT2D eigenvalue weighted by Crippen LogP contribution is 2.44. The van der Waals surface area contributed by atoms with Gasteiger partial charge in [-0.15, -0.1) is 0 Å². The van der Waals surface area contributed by atoms with Crippen LogP contribution in [0, 0.1) is 0 Å². The van der Waals surface area contributed by atoms with Gasteiger partial charge in [-0.1, -0.05) is 48.0 Å². The third kappa shape index (κ3) is 3.52. The Hall–Kier alpha value is -3.15. The molecule has 1 amide bonds. The van der Waals surface area contributed by atoms with Crippen LogP contribution in [0.15, 0.2) is 73.1 Å².